The Labute approximate surface area is 615 Å². The van der Waals surface area contributed by atoms with E-state index in [2.05, 4.69) is 99.0 Å². The number of para-hydroxylation sites is 2. The largest absolute Gasteiger partial charge is 0.510 e. The van der Waals surface area contributed by atoms with Gasteiger partial charge in [0.05, 0.1) is 52.4 Å². The van der Waals surface area contributed by atoms with Crippen molar-refractivity contribution < 1.29 is 66.0 Å². The van der Waals surface area contributed by atoms with Crippen LogP contribution in [0.15, 0.2) is 285 Å². The van der Waals surface area contributed by atoms with Crippen molar-refractivity contribution in [3.05, 3.63) is 320 Å². The van der Waals surface area contributed by atoms with Crippen LogP contribution in [0.2, 0.25) is 0 Å². The topological polar surface area (TPSA) is 35.9 Å². The van der Waals surface area contributed by atoms with Gasteiger partial charge in [-0.15, -0.1) is 29.7 Å². The summed E-state index contributed by atoms with van der Waals surface area (Å²) in [7, 11) is 0. The predicted octanol–water partition coefficient (Wildman–Crippen LogP) is 23.2. The molecule has 0 radical (unpaired) electrons. The summed E-state index contributed by atoms with van der Waals surface area (Å²) in [5.74, 6) is 1.03. The zero-order chi connectivity index (χ0) is 87.8. The normalized spacial score (nSPS) is 15.7. The molecule has 0 fully saturated rings. The Balaban J connectivity index is 0.0000121. The van der Waals surface area contributed by atoms with Gasteiger partial charge in [-0.3, -0.25) is 4.57 Å². The van der Waals surface area contributed by atoms with E-state index in [4.69, 9.17) is 26.2 Å². The van der Waals surface area contributed by atoms with Crippen molar-refractivity contribution in [2.75, 3.05) is 0 Å². The fraction of sp³-hybridized carbons (Fsp3) is 0.133. The van der Waals surface area contributed by atoms with Gasteiger partial charge in [-0.1, -0.05) is 255 Å². The van der Waals surface area contributed by atoms with Crippen molar-refractivity contribution >= 4 is 32.8 Å². The number of imidazole rings is 1. The zero-order valence-electron chi connectivity index (χ0n) is 79.6. The molecule has 96 heavy (non-hydrogen) atoms. The van der Waals surface area contributed by atoms with Gasteiger partial charge in [0.25, 0.3) is 6.33 Å². The first-order chi connectivity index (χ1) is 56.8. The van der Waals surface area contributed by atoms with Crippen LogP contribution in [0.5, 0.6) is 11.5 Å². The minimum absolute atomic E-state index is 0. The van der Waals surface area contributed by atoms with E-state index in [0.29, 0.717) is 16.9 Å². The minimum atomic E-state index is -0.998. The third-order valence-corrected chi connectivity index (χ3v) is 16.6. The van der Waals surface area contributed by atoms with Crippen LogP contribution in [0.1, 0.15) is 115 Å². The second kappa shape index (κ2) is 25.4. The van der Waals surface area contributed by atoms with Gasteiger partial charge in [-0.2, -0.15) is 18.2 Å². The van der Waals surface area contributed by atoms with E-state index in [9.17, 15) is 19.2 Å². The molecule has 0 aliphatic rings. The maximum atomic E-state index is 10.6. The summed E-state index contributed by atoms with van der Waals surface area (Å²) in [6.45, 7) is 18.9. The third-order valence-electron chi connectivity index (χ3n) is 16.6. The number of nitrogens with zero attached hydrogens (tertiary/aromatic N) is 4. The Morgan fingerprint density at radius 2 is 0.906 bits per heavy atom. The Bertz CT molecular complexity index is 6470. The number of fused-ring (bicyclic) bond motifs is 4. The number of hydrogen-bond donors (Lipinski definition) is 0. The summed E-state index contributed by atoms with van der Waals surface area (Å²) < 4.78 is 256. The van der Waals surface area contributed by atoms with Gasteiger partial charge in [-0.05, 0) is 182 Å². The molecule has 0 atom stereocenters. The molecule has 12 aromatic carbocycles. The molecule has 0 spiro atoms. The molecule has 0 aliphatic heterocycles. The van der Waals surface area contributed by atoms with Crippen molar-refractivity contribution in [3.8, 4) is 107 Å². The van der Waals surface area contributed by atoms with Crippen molar-refractivity contribution in [1.29, 1.82) is 0 Å². The van der Waals surface area contributed by atoms with Gasteiger partial charge in [-0.25, -0.2) is 4.98 Å². The molecule has 0 aliphatic carbocycles. The van der Waals surface area contributed by atoms with Gasteiger partial charge in [0.2, 0.25) is 0 Å². The number of benzene rings is 12. The molecule has 0 unspecified atom stereocenters. The Kier molecular flexibility index (Phi) is 10.4. The first-order valence-corrected chi connectivity index (χ1v) is 30.8. The van der Waals surface area contributed by atoms with Crippen molar-refractivity contribution in [2.24, 2.45) is 0 Å². The molecule has 3 heterocycles. The summed E-state index contributed by atoms with van der Waals surface area (Å²) in [4.78, 5) is 4.86. The van der Waals surface area contributed by atoms with E-state index in [1.54, 1.807) is 47.2 Å². The summed E-state index contributed by atoms with van der Waals surface area (Å²) in [6.07, 6.45) is 5.26. The van der Waals surface area contributed by atoms with Crippen LogP contribution in [0, 0.1) is 18.5 Å². The fourth-order valence-corrected chi connectivity index (χ4v) is 11.6. The van der Waals surface area contributed by atoms with E-state index >= 15 is 0 Å². The minimum Gasteiger partial charge on any atom is -0.510 e. The standard InChI is InChI=1S/C90H74N4O.Pt/c1-88(2,3)72-44-45-91-86(56-72)94-82-39-23-22-36-80(82)81-42-41-77(58-84(81)94)95-76-35-24-34-75(57-76)92-59-93(83-43-40-64(54-85(83)92)69-52-73(89(4,5)6)55-74(53-69)90(7,8)9)87-78(70-48-65(60-26-14-10-15-27-60)46-66(49-70)61-28-16-11-17-29-61)37-25-38-79(87)71-50-67(62-30-18-12-19-31-62)47-68(51-71)63-32-20-13-21-33-63;/h10-56H,1-9H3;/q-2;/i10D,11D,12D,13D,14D,15D,16D,17D,18D,19D,20D,21D,26D,27D,28D,29D,30D,31D,32D,33D,46D,47D,48D,49D,50D,51D;. The van der Waals surface area contributed by atoms with Gasteiger partial charge >= 0.3 is 0 Å². The van der Waals surface area contributed by atoms with Crippen LogP contribution in [0.25, 0.3) is 128 Å². The first-order valence-electron chi connectivity index (χ1n) is 43.8. The van der Waals surface area contributed by atoms with Crippen LogP contribution in [-0.2, 0) is 37.3 Å². The average Bonchev–Trinajstić information content (AvgIpc) is 0.859. The van der Waals surface area contributed by atoms with Crippen LogP contribution in [0.4, 0.5) is 0 Å². The summed E-state index contributed by atoms with van der Waals surface area (Å²) >= 11 is 0. The van der Waals surface area contributed by atoms with E-state index in [0.717, 1.165) is 38.5 Å². The Morgan fingerprint density at radius 3 is 1.44 bits per heavy atom. The molecular weight excluding hydrogens is 1350 g/mol. The van der Waals surface area contributed by atoms with E-state index in [1.165, 1.54) is 22.8 Å². The maximum absolute atomic E-state index is 10.6. The predicted molar refractivity (Wildman–Crippen MR) is 394 cm³/mol. The molecule has 0 saturated carbocycles. The van der Waals surface area contributed by atoms with Crippen LogP contribution in [-0.4, -0.2) is 14.1 Å². The molecule has 5 nitrogen and oxygen atoms in total. The maximum Gasteiger partial charge on any atom is 0.268 e. The Hall–Kier alpha value is -10.5. The van der Waals surface area contributed by atoms with Crippen molar-refractivity contribution in [1.82, 2.24) is 14.1 Å². The monoisotopic (exact) mass is 1450 g/mol. The van der Waals surface area contributed by atoms with Crippen molar-refractivity contribution in [2.45, 2.75) is 78.6 Å². The molecular formula is C90H74N4OPt-2. The molecule has 0 bridgehead atoms. The van der Waals surface area contributed by atoms with Crippen LogP contribution < -0.4 is 9.30 Å². The quantitative estimate of drug-likeness (QED) is 0.0903. The van der Waals surface area contributed by atoms with E-state index in [1.807, 2.05) is 53.1 Å². The SMILES string of the molecule is [2H]c1c([2H])c([2H])c(-c2c([2H])c(-c3cccc(-c4c([2H])c(-c5c([2H])c([2H])c([2H])c([2H])c5[2H])c([2H])c(-c5c([2H])c([2H])c([2H])c([2H])c5[2H])c4[2H])c3-[n+]3[c-]n(-c4[c-]c(Oc5[c-]c6c(cc5)c5ccccc5n6-c5cc(C(C)(C)C)ccn5)ccc4)c4cc(-c5cc(C(C)(C)C)cc(C(C)(C)C)c5)ccc43)c([2H])c(-c3c([2H])c([2H])c([2H])c([2H])c3[2H])c2[2H])c([2H])c1[2H].[Pt]. The fourth-order valence-electron chi connectivity index (χ4n) is 11.6. The molecule has 3 aromatic heterocycles. The molecule has 0 N–H and O–H groups in total. The average molecular weight is 1450 g/mol. The molecule has 472 valence electrons. The number of ether oxygens (including phenoxy) is 1. The zero-order valence-corrected chi connectivity index (χ0v) is 55.9. The number of hydrogen-bond acceptors (Lipinski definition) is 2. The number of rotatable bonds is 12. The Morgan fingerprint density at radius 1 is 0.406 bits per heavy atom. The molecule has 0 saturated heterocycles. The second-order valence-electron chi connectivity index (χ2n) is 26.1. The van der Waals surface area contributed by atoms with Gasteiger partial charge in [0.1, 0.15) is 5.82 Å². The van der Waals surface area contributed by atoms with Gasteiger partial charge in [0, 0.05) is 44.3 Å². The third kappa shape index (κ3) is 12.4. The second-order valence-corrected chi connectivity index (χ2v) is 26.1. The van der Waals surface area contributed by atoms with E-state index in [-0.39, 0.29) is 71.5 Å². The summed E-state index contributed by atoms with van der Waals surface area (Å²) in [5.41, 5.74) is -3.33. The van der Waals surface area contributed by atoms with E-state index < -0.39 is 224 Å². The number of aromatic nitrogens is 4. The summed E-state index contributed by atoms with van der Waals surface area (Å²) in [5, 5.41) is 1.77. The van der Waals surface area contributed by atoms with Crippen molar-refractivity contribution in [3.63, 3.8) is 0 Å². The molecule has 6 heteroatoms. The van der Waals surface area contributed by atoms with Crippen LogP contribution >= 0.6 is 0 Å². The smallest absolute Gasteiger partial charge is 0.268 e. The molecule has 15 rings (SSSR count). The molecule has 0 amide bonds. The van der Waals surface area contributed by atoms with Gasteiger partial charge in [0.15, 0.2) is 0 Å². The number of pyridine rings is 1. The summed E-state index contributed by atoms with van der Waals surface area (Å²) in [6, 6.07) is 18.8. The first kappa shape index (κ1) is 39.4. The van der Waals surface area contributed by atoms with Gasteiger partial charge < -0.3 is 13.9 Å². The van der Waals surface area contributed by atoms with Crippen LogP contribution in [0.3, 0.4) is 0 Å². The molecule has 15 aromatic rings.